The maximum Gasteiger partial charge on any atom is 0.113 e. The highest BCUT2D eigenvalue weighted by Gasteiger charge is 2.45. The van der Waals surface area contributed by atoms with Crippen LogP contribution in [0.1, 0.15) is 71.7 Å². The standard InChI is InChI=1S/C27H36O5/c1-3-6-20-21-8-5-7-19(21)18(13-17-11-9-16(4-2)10-12-17)14-22(20)27-26(31)25(30)24(29)23(15-28)32-27/h9-12,14,23-31H,3-8,13,15H2,1-2H3/t23-,24-,25+,26-,27+/m1/s1. The van der Waals surface area contributed by atoms with Crippen LogP contribution in [-0.4, -0.2) is 51.4 Å². The number of ether oxygens (including phenoxy) is 1. The molecule has 32 heavy (non-hydrogen) atoms. The Balaban J connectivity index is 1.77. The zero-order valence-corrected chi connectivity index (χ0v) is 19.1. The molecular formula is C27H36O5. The molecule has 1 heterocycles. The summed E-state index contributed by atoms with van der Waals surface area (Å²) in [5.41, 5.74) is 8.69. The SMILES string of the molecule is CCCc1c([C@@H]2O[C@H](CO)[C@@H](O)[C@H](O)[C@H]2O)cc(Cc2ccc(CC)cc2)c2c1CCC2. The van der Waals surface area contributed by atoms with Crippen LogP contribution >= 0.6 is 0 Å². The molecule has 1 fully saturated rings. The van der Waals surface area contributed by atoms with Crippen LogP contribution in [0.25, 0.3) is 0 Å². The van der Waals surface area contributed by atoms with Crippen LogP contribution < -0.4 is 0 Å². The van der Waals surface area contributed by atoms with Crippen LogP contribution in [-0.2, 0) is 36.8 Å². The van der Waals surface area contributed by atoms with E-state index < -0.39 is 37.1 Å². The second-order valence-electron chi connectivity index (χ2n) is 9.26. The number of hydrogen-bond acceptors (Lipinski definition) is 5. The summed E-state index contributed by atoms with van der Waals surface area (Å²) >= 11 is 0. The quantitative estimate of drug-likeness (QED) is 0.532. The third kappa shape index (κ3) is 4.37. The monoisotopic (exact) mass is 440 g/mol. The Labute approximate surface area is 190 Å². The molecule has 5 heteroatoms. The van der Waals surface area contributed by atoms with Crippen LogP contribution in [0.2, 0.25) is 0 Å². The van der Waals surface area contributed by atoms with Crippen molar-refractivity contribution in [3.8, 4) is 0 Å². The molecular weight excluding hydrogens is 404 g/mol. The van der Waals surface area contributed by atoms with Gasteiger partial charge in [-0.05, 0) is 77.5 Å². The molecule has 0 bridgehead atoms. The van der Waals surface area contributed by atoms with E-state index in [9.17, 15) is 20.4 Å². The summed E-state index contributed by atoms with van der Waals surface area (Å²) in [6.45, 7) is 3.88. The van der Waals surface area contributed by atoms with E-state index >= 15 is 0 Å². The fourth-order valence-corrected chi connectivity index (χ4v) is 5.40. The zero-order chi connectivity index (χ0) is 22.8. The average Bonchev–Trinajstić information content (AvgIpc) is 3.30. The van der Waals surface area contributed by atoms with Gasteiger partial charge in [-0.3, -0.25) is 0 Å². The van der Waals surface area contributed by atoms with E-state index in [1.54, 1.807) is 0 Å². The molecule has 4 N–H and O–H groups in total. The molecule has 2 aromatic rings. The van der Waals surface area contributed by atoms with Crippen molar-refractivity contribution in [2.75, 3.05) is 6.61 Å². The van der Waals surface area contributed by atoms with Gasteiger partial charge in [0, 0.05) is 0 Å². The lowest BCUT2D eigenvalue weighted by Crippen LogP contribution is -2.55. The van der Waals surface area contributed by atoms with E-state index in [0.717, 1.165) is 50.5 Å². The lowest BCUT2D eigenvalue weighted by Gasteiger charge is -2.41. The van der Waals surface area contributed by atoms with Gasteiger partial charge in [-0.1, -0.05) is 50.6 Å². The van der Waals surface area contributed by atoms with Gasteiger partial charge in [0.15, 0.2) is 0 Å². The maximum absolute atomic E-state index is 10.8. The number of hydrogen-bond donors (Lipinski definition) is 4. The van der Waals surface area contributed by atoms with Gasteiger partial charge in [-0.15, -0.1) is 0 Å². The van der Waals surface area contributed by atoms with Gasteiger partial charge in [0.05, 0.1) is 6.61 Å². The van der Waals surface area contributed by atoms with Gasteiger partial charge in [0.25, 0.3) is 0 Å². The Kier molecular flexibility index (Phi) is 7.33. The predicted molar refractivity (Wildman–Crippen MR) is 124 cm³/mol. The maximum atomic E-state index is 10.8. The summed E-state index contributed by atoms with van der Waals surface area (Å²) in [5, 5.41) is 41.2. The number of aliphatic hydroxyl groups is 4. The highest BCUT2D eigenvalue weighted by molar-refractivity contribution is 5.51. The van der Waals surface area contributed by atoms with Gasteiger partial charge >= 0.3 is 0 Å². The van der Waals surface area contributed by atoms with E-state index in [1.165, 1.54) is 33.4 Å². The molecule has 0 radical (unpaired) electrons. The predicted octanol–water partition coefficient (Wildman–Crippen LogP) is 2.80. The Morgan fingerprint density at radius 2 is 1.59 bits per heavy atom. The second-order valence-corrected chi connectivity index (χ2v) is 9.26. The lowest BCUT2D eigenvalue weighted by atomic mass is 9.82. The molecule has 0 amide bonds. The van der Waals surface area contributed by atoms with E-state index in [-0.39, 0.29) is 0 Å². The smallest absolute Gasteiger partial charge is 0.113 e. The van der Waals surface area contributed by atoms with Crippen molar-refractivity contribution in [3.05, 3.63) is 69.3 Å². The van der Waals surface area contributed by atoms with E-state index in [0.29, 0.717) is 0 Å². The van der Waals surface area contributed by atoms with Crippen molar-refractivity contribution in [1.82, 2.24) is 0 Å². The van der Waals surface area contributed by atoms with Crippen LogP contribution in [0.5, 0.6) is 0 Å². The largest absolute Gasteiger partial charge is 0.394 e. The van der Waals surface area contributed by atoms with Crippen LogP contribution in [0.4, 0.5) is 0 Å². The first-order valence-corrected chi connectivity index (χ1v) is 12.0. The first-order valence-electron chi connectivity index (χ1n) is 12.0. The highest BCUT2D eigenvalue weighted by atomic mass is 16.5. The summed E-state index contributed by atoms with van der Waals surface area (Å²) in [5.74, 6) is 0. The summed E-state index contributed by atoms with van der Waals surface area (Å²) in [4.78, 5) is 0. The minimum absolute atomic E-state index is 0.411. The normalized spacial score (nSPS) is 27.5. The Bertz CT molecular complexity index is 921. The molecule has 4 rings (SSSR count). The molecule has 2 aliphatic rings. The molecule has 1 aliphatic heterocycles. The average molecular weight is 441 g/mol. The number of fused-ring (bicyclic) bond motifs is 1. The van der Waals surface area contributed by atoms with E-state index in [1.807, 2.05) is 0 Å². The summed E-state index contributed by atoms with van der Waals surface area (Å²) in [6, 6.07) is 10.9. The number of aryl methyl sites for hydroxylation is 1. The second kappa shape index (κ2) is 10.0. The molecule has 1 aliphatic carbocycles. The van der Waals surface area contributed by atoms with Gasteiger partial charge in [0.1, 0.15) is 30.5 Å². The minimum atomic E-state index is -1.36. The van der Waals surface area contributed by atoms with Gasteiger partial charge in [0.2, 0.25) is 0 Å². The van der Waals surface area contributed by atoms with Crippen molar-refractivity contribution in [2.24, 2.45) is 0 Å². The molecule has 0 spiro atoms. The molecule has 5 nitrogen and oxygen atoms in total. The van der Waals surface area contributed by atoms with Crippen LogP contribution in [0.3, 0.4) is 0 Å². The summed E-state index contributed by atoms with van der Waals surface area (Å²) in [7, 11) is 0. The Morgan fingerprint density at radius 3 is 2.25 bits per heavy atom. The molecule has 0 unspecified atom stereocenters. The molecule has 0 aromatic heterocycles. The first kappa shape index (κ1) is 23.4. The fourth-order valence-electron chi connectivity index (χ4n) is 5.40. The molecule has 174 valence electrons. The van der Waals surface area contributed by atoms with Crippen molar-refractivity contribution in [1.29, 1.82) is 0 Å². The van der Waals surface area contributed by atoms with Gasteiger partial charge < -0.3 is 25.2 Å². The topological polar surface area (TPSA) is 90.2 Å². The third-order valence-corrected chi connectivity index (χ3v) is 7.17. The Hall–Kier alpha value is -1.76. The Morgan fingerprint density at radius 1 is 0.906 bits per heavy atom. The number of benzene rings is 2. The van der Waals surface area contributed by atoms with Crippen molar-refractivity contribution < 1.29 is 25.2 Å². The van der Waals surface area contributed by atoms with E-state index in [4.69, 9.17) is 4.74 Å². The van der Waals surface area contributed by atoms with Gasteiger partial charge in [-0.2, -0.15) is 0 Å². The first-order chi connectivity index (χ1) is 15.5. The van der Waals surface area contributed by atoms with E-state index in [2.05, 4.69) is 44.2 Å². The van der Waals surface area contributed by atoms with Crippen molar-refractivity contribution in [2.45, 2.75) is 89.3 Å². The molecule has 1 saturated heterocycles. The molecule has 2 aromatic carbocycles. The zero-order valence-electron chi connectivity index (χ0n) is 19.1. The highest BCUT2D eigenvalue weighted by Crippen LogP contribution is 2.40. The van der Waals surface area contributed by atoms with Crippen LogP contribution in [0.15, 0.2) is 30.3 Å². The minimum Gasteiger partial charge on any atom is -0.394 e. The lowest BCUT2D eigenvalue weighted by molar-refractivity contribution is -0.231. The molecule has 0 saturated carbocycles. The summed E-state index contributed by atoms with van der Waals surface area (Å²) in [6.07, 6.45) is 1.22. The van der Waals surface area contributed by atoms with Crippen LogP contribution in [0, 0.1) is 0 Å². The number of rotatable bonds is 7. The molecule has 5 atom stereocenters. The third-order valence-electron chi connectivity index (χ3n) is 7.17. The van der Waals surface area contributed by atoms with Crippen molar-refractivity contribution >= 4 is 0 Å². The fraction of sp³-hybridized carbons (Fsp3) is 0.556. The van der Waals surface area contributed by atoms with Gasteiger partial charge in [-0.25, -0.2) is 0 Å². The summed E-state index contributed by atoms with van der Waals surface area (Å²) < 4.78 is 5.99. The number of aliphatic hydroxyl groups excluding tert-OH is 4. The van der Waals surface area contributed by atoms with Crippen molar-refractivity contribution in [3.63, 3.8) is 0 Å².